The van der Waals surface area contributed by atoms with Crippen molar-refractivity contribution in [3.8, 4) is 5.75 Å². The Balaban J connectivity index is 1.73. The summed E-state index contributed by atoms with van der Waals surface area (Å²) >= 11 is 0. The van der Waals surface area contributed by atoms with E-state index in [-0.39, 0.29) is 31.0 Å². The van der Waals surface area contributed by atoms with Crippen LogP contribution in [0.2, 0.25) is 0 Å². The summed E-state index contributed by atoms with van der Waals surface area (Å²) in [5.74, 6) is 0.374. The second-order valence-corrected chi connectivity index (χ2v) is 8.32. The number of hydrogen-bond donors (Lipinski definition) is 1. The van der Waals surface area contributed by atoms with Crippen molar-refractivity contribution in [3.63, 3.8) is 0 Å². The summed E-state index contributed by atoms with van der Waals surface area (Å²) in [6, 6.07) is 13.8. The molecule has 7 heteroatoms. The Kier molecular flexibility index (Phi) is 6.59. The number of urea groups is 1. The van der Waals surface area contributed by atoms with Crippen LogP contribution in [0.25, 0.3) is 0 Å². The third-order valence-electron chi connectivity index (χ3n) is 4.66. The average molecular weight is 413 g/mol. The van der Waals surface area contributed by atoms with Gasteiger partial charge in [-0.25, -0.2) is 9.18 Å². The maximum atomic E-state index is 14.2. The van der Waals surface area contributed by atoms with Crippen LogP contribution in [0.1, 0.15) is 38.3 Å². The number of nitrogens with zero attached hydrogens (tertiary/aromatic N) is 2. The summed E-state index contributed by atoms with van der Waals surface area (Å²) < 4.78 is 19.6. The Bertz CT molecular complexity index is 924. The Morgan fingerprint density at radius 1 is 1.23 bits per heavy atom. The molecule has 0 aliphatic carbocycles. The molecular formula is C23H28FN3O3. The quantitative estimate of drug-likeness (QED) is 0.766. The zero-order valence-corrected chi connectivity index (χ0v) is 17.8. The molecule has 6 nitrogen and oxygen atoms in total. The van der Waals surface area contributed by atoms with Crippen LogP contribution >= 0.6 is 0 Å². The molecule has 2 aromatic carbocycles. The summed E-state index contributed by atoms with van der Waals surface area (Å²) in [6.45, 7) is 6.13. The van der Waals surface area contributed by atoms with Crippen molar-refractivity contribution in [1.82, 2.24) is 10.2 Å². The highest BCUT2D eigenvalue weighted by Gasteiger charge is 2.29. The van der Waals surface area contributed by atoms with Crippen LogP contribution in [-0.4, -0.2) is 41.9 Å². The normalized spacial score (nSPS) is 15.9. The molecular weight excluding hydrogens is 385 g/mol. The van der Waals surface area contributed by atoms with E-state index in [0.717, 1.165) is 11.3 Å². The molecule has 30 heavy (non-hydrogen) atoms. The number of rotatable bonds is 6. The molecule has 1 aliphatic heterocycles. The van der Waals surface area contributed by atoms with E-state index >= 15 is 0 Å². The molecule has 1 heterocycles. The predicted molar refractivity (Wildman–Crippen MR) is 114 cm³/mol. The number of nitrogens with one attached hydrogen (secondary N) is 1. The van der Waals surface area contributed by atoms with Crippen molar-refractivity contribution in [2.75, 3.05) is 13.7 Å². The molecule has 0 bridgehead atoms. The third-order valence-corrected chi connectivity index (χ3v) is 4.66. The van der Waals surface area contributed by atoms with Gasteiger partial charge in [0.05, 0.1) is 25.9 Å². The number of carbonyl (C=O) groups is 1. The van der Waals surface area contributed by atoms with Gasteiger partial charge in [0, 0.05) is 23.1 Å². The van der Waals surface area contributed by atoms with Crippen LogP contribution < -0.4 is 10.1 Å². The van der Waals surface area contributed by atoms with Gasteiger partial charge in [-0.1, -0.05) is 35.5 Å². The third kappa shape index (κ3) is 5.49. The Morgan fingerprint density at radius 2 is 1.93 bits per heavy atom. The first-order valence-electron chi connectivity index (χ1n) is 9.93. The van der Waals surface area contributed by atoms with Gasteiger partial charge in [-0.3, -0.25) is 0 Å². The first kappa shape index (κ1) is 21.6. The molecule has 1 unspecified atom stereocenters. The van der Waals surface area contributed by atoms with Crippen molar-refractivity contribution in [3.05, 3.63) is 65.5 Å². The highest BCUT2D eigenvalue weighted by atomic mass is 19.1. The number of ether oxygens (including phenoxy) is 1. The molecule has 1 N–H and O–H groups in total. The lowest BCUT2D eigenvalue weighted by atomic mass is 10.0. The highest BCUT2D eigenvalue weighted by Crippen LogP contribution is 2.25. The first-order chi connectivity index (χ1) is 14.3. The van der Waals surface area contributed by atoms with Gasteiger partial charge in [-0.15, -0.1) is 0 Å². The highest BCUT2D eigenvalue weighted by molar-refractivity contribution is 6.03. The van der Waals surface area contributed by atoms with Crippen molar-refractivity contribution >= 4 is 11.7 Å². The van der Waals surface area contributed by atoms with Gasteiger partial charge in [-0.05, 0) is 39.0 Å². The number of carbonyl (C=O) groups excluding carboxylic acids is 1. The molecule has 1 aliphatic rings. The molecule has 0 saturated carbocycles. The molecule has 0 radical (unpaired) electrons. The number of methoxy groups -OCH3 is 1. The largest absolute Gasteiger partial charge is 0.496 e. The molecule has 1 atom stereocenters. The molecule has 2 amide bonds. The smallest absolute Gasteiger partial charge is 0.318 e. The molecule has 3 rings (SSSR count). The van der Waals surface area contributed by atoms with Gasteiger partial charge in [0.1, 0.15) is 11.6 Å². The summed E-state index contributed by atoms with van der Waals surface area (Å²) in [4.78, 5) is 20.1. The van der Waals surface area contributed by atoms with Crippen molar-refractivity contribution in [2.45, 2.75) is 45.4 Å². The number of hydrogen-bond acceptors (Lipinski definition) is 4. The number of benzene rings is 2. The predicted octanol–water partition coefficient (Wildman–Crippen LogP) is 4.34. The second-order valence-electron chi connectivity index (χ2n) is 8.32. The lowest BCUT2D eigenvalue weighted by Crippen LogP contribution is -2.50. The van der Waals surface area contributed by atoms with E-state index in [9.17, 15) is 9.18 Å². The van der Waals surface area contributed by atoms with E-state index in [2.05, 4.69) is 10.5 Å². The summed E-state index contributed by atoms with van der Waals surface area (Å²) in [6.07, 6.45) is 0.194. The van der Waals surface area contributed by atoms with E-state index < -0.39 is 5.54 Å². The summed E-state index contributed by atoms with van der Waals surface area (Å²) in [5, 5.41) is 7.16. The zero-order chi connectivity index (χ0) is 21.7. The van der Waals surface area contributed by atoms with Crippen LogP contribution in [0.4, 0.5) is 9.18 Å². The van der Waals surface area contributed by atoms with Crippen LogP contribution in [-0.2, 0) is 11.4 Å². The molecule has 0 aromatic heterocycles. The maximum absolute atomic E-state index is 14.2. The summed E-state index contributed by atoms with van der Waals surface area (Å²) in [5.41, 5.74) is 1.66. The van der Waals surface area contributed by atoms with Crippen molar-refractivity contribution in [2.24, 2.45) is 5.16 Å². The number of oxime groups is 1. The van der Waals surface area contributed by atoms with Gasteiger partial charge < -0.3 is 19.8 Å². The zero-order valence-electron chi connectivity index (χ0n) is 17.8. The fourth-order valence-electron chi connectivity index (χ4n) is 3.27. The standard InChI is InChI=1S/C23H28FN3O3/c1-23(2,3)25-22(28)27(14-16-9-5-7-11-19(16)24)15-17-13-20(26-30-17)18-10-6-8-12-21(18)29-4/h5-12,17H,13-15H2,1-4H3,(H,25,28). The SMILES string of the molecule is COc1ccccc1C1=NOC(CN(Cc2ccccc2F)C(=O)NC(C)(C)C)C1. The van der Waals surface area contributed by atoms with Crippen LogP contribution in [0.15, 0.2) is 53.7 Å². The van der Waals surface area contributed by atoms with E-state index in [1.165, 1.54) is 6.07 Å². The maximum Gasteiger partial charge on any atom is 0.318 e. The number of halogens is 1. The molecule has 2 aromatic rings. The van der Waals surface area contributed by atoms with Crippen LogP contribution in [0.5, 0.6) is 5.75 Å². The van der Waals surface area contributed by atoms with Gasteiger partial charge >= 0.3 is 6.03 Å². The van der Waals surface area contributed by atoms with Gasteiger partial charge in [-0.2, -0.15) is 0 Å². The summed E-state index contributed by atoms with van der Waals surface area (Å²) in [7, 11) is 1.61. The minimum absolute atomic E-state index is 0.137. The Hall–Kier alpha value is -3.09. The molecule has 0 saturated heterocycles. The van der Waals surface area contributed by atoms with Crippen LogP contribution in [0, 0.1) is 5.82 Å². The molecule has 160 valence electrons. The van der Waals surface area contributed by atoms with E-state index in [4.69, 9.17) is 9.57 Å². The Morgan fingerprint density at radius 3 is 2.63 bits per heavy atom. The van der Waals surface area contributed by atoms with Gasteiger partial charge in [0.15, 0.2) is 6.10 Å². The fourth-order valence-corrected chi connectivity index (χ4v) is 3.27. The second kappa shape index (κ2) is 9.15. The number of para-hydroxylation sites is 1. The lowest BCUT2D eigenvalue weighted by molar-refractivity contribution is 0.0578. The van der Waals surface area contributed by atoms with Gasteiger partial charge in [0.2, 0.25) is 0 Å². The van der Waals surface area contributed by atoms with E-state index in [1.54, 1.807) is 30.2 Å². The Labute approximate surface area is 176 Å². The topological polar surface area (TPSA) is 63.2 Å². The minimum Gasteiger partial charge on any atom is -0.496 e. The van der Waals surface area contributed by atoms with Crippen LogP contribution in [0.3, 0.4) is 0 Å². The number of amides is 2. The minimum atomic E-state index is -0.417. The molecule has 0 spiro atoms. The van der Waals surface area contributed by atoms with E-state index in [1.807, 2.05) is 45.0 Å². The van der Waals surface area contributed by atoms with E-state index in [0.29, 0.717) is 17.7 Å². The first-order valence-corrected chi connectivity index (χ1v) is 9.93. The monoisotopic (exact) mass is 413 g/mol. The lowest BCUT2D eigenvalue weighted by Gasteiger charge is -2.29. The fraction of sp³-hybridized carbons (Fsp3) is 0.391. The molecule has 0 fully saturated rings. The van der Waals surface area contributed by atoms with Crippen molar-refractivity contribution in [1.29, 1.82) is 0 Å². The van der Waals surface area contributed by atoms with Gasteiger partial charge in [0.25, 0.3) is 0 Å². The van der Waals surface area contributed by atoms with Crippen molar-refractivity contribution < 1.29 is 18.8 Å². The average Bonchev–Trinajstić information content (AvgIpc) is 3.16.